The summed E-state index contributed by atoms with van der Waals surface area (Å²) < 4.78 is 11.2. The van der Waals surface area contributed by atoms with Crippen molar-refractivity contribution >= 4 is 0 Å². The molecule has 0 bridgehead atoms. The highest BCUT2D eigenvalue weighted by atomic mass is 16.5. The highest BCUT2D eigenvalue weighted by molar-refractivity contribution is 4.99. The predicted molar refractivity (Wildman–Crippen MR) is 60.9 cm³/mol. The minimum absolute atomic E-state index is 0.347. The molecule has 2 fully saturated rings. The molecule has 0 spiro atoms. The Morgan fingerprint density at radius 1 is 1.07 bits per heavy atom. The zero-order chi connectivity index (χ0) is 10.7. The van der Waals surface area contributed by atoms with Gasteiger partial charge in [0.15, 0.2) is 0 Å². The Balaban J connectivity index is 2.13. The first-order chi connectivity index (χ1) is 7.33. The van der Waals surface area contributed by atoms with Crippen molar-refractivity contribution in [2.75, 3.05) is 20.8 Å². The molecule has 0 amide bonds. The topological polar surface area (TPSA) is 18.5 Å². The minimum Gasteiger partial charge on any atom is -0.384 e. The van der Waals surface area contributed by atoms with Gasteiger partial charge < -0.3 is 9.47 Å². The molecule has 0 aliphatic heterocycles. The second-order valence-electron chi connectivity index (χ2n) is 5.26. The van der Waals surface area contributed by atoms with E-state index in [0.717, 1.165) is 12.5 Å². The van der Waals surface area contributed by atoms with Crippen LogP contribution in [0.3, 0.4) is 0 Å². The van der Waals surface area contributed by atoms with E-state index in [-0.39, 0.29) is 0 Å². The van der Waals surface area contributed by atoms with Gasteiger partial charge >= 0.3 is 0 Å². The van der Waals surface area contributed by atoms with Crippen molar-refractivity contribution in [1.82, 2.24) is 0 Å². The van der Waals surface area contributed by atoms with E-state index in [1.165, 1.54) is 44.9 Å². The summed E-state index contributed by atoms with van der Waals surface area (Å²) in [7, 11) is 3.71. The van der Waals surface area contributed by atoms with E-state index in [2.05, 4.69) is 0 Å². The van der Waals surface area contributed by atoms with Gasteiger partial charge in [-0.3, -0.25) is 0 Å². The molecule has 0 heterocycles. The summed E-state index contributed by atoms with van der Waals surface area (Å²) in [6, 6.07) is 0. The van der Waals surface area contributed by atoms with Gasteiger partial charge in [-0.05, 0) is 31.6 Å². The van der Waals surface area contributed by atoms with Crippen molar-refractivity contribution in [2.45, 2.75) is 51.0 Å². The number of rotatable bonds is 4. The van der Waals surface area contributed by atoms with Gasteiger partial charge in [-0.1, -0.05) is 19.3 Å². The molecule has 2 rings (SSSR count). The third kappa shape index (κ3) is 1.94. The monoisotopic (exact) mass is 212 g/mol. The largest absolute Gasteiger partial charge is 0.384 e. The van der Waals surface area contributed by atoms with Crippen LogP contribution in [0.15, 0.2) is 0 Å². The van der Waals surface area contributed by atoms with Crippen molar-refractivity contribution in [3.63, 3.8) is 0 Å². The highest BCUT2D eigenvalue weighted by Crippen LogP contribution is 2.51. The van der Waals surface area contributed by atoms with Gasteiger partial charge in [0.25, 0.3) is 0 Å². The second kappa shape index (κ2) is 4.84. The van der Waals surface area contributed by atoms with Crippen LogP contribution in [-0.2, 0) is 9.47 Å². The first-order valence-electron chi connectivity index (χ1n) is 6.35. The van der Waals surface area contributed by atoms with Gasteiger partial charge in [0.05, 0.1) is 12.7 Å². The van der Waals surface area contributed by atoms with Crippen LogP contribution in [0.1, 0.15) is 44.9 Å². The number of methoxy groups -OCH3 is 2. The smallest absolute Gasteiger partial charge is 0.0652 e. The summed E-state index contributed by atoms with van der Waals surface area (Å²) in [4.78, 5) is 0. The average molecular weight is 212 g/mol. The Morgan fingerprint density at radius 3 is 2.40 bits per heavy atom. The molecule has 2 nitrogen and oxygen atoms in total. The highest BCUT2D eigenvalue weighted by Gasteiger charge is 2.49. The molecule has 2 saturated carbocycles. The molecule has 2 aliphatic rings. The lowest BCUT2D eigenvalue weighted by molar-refractivity contribution is -0.0679. The van der Waals surface area contributed by atoms with Crippen molar-refractivity contribution in [3.05, 3.63) is 0 Å². The summed E-state index contributed by atoms with van der Waals surface area (Å²) in [5.74, 6) is 0.852. The molecule has 2 aliphatic carbocycles. The predicted octanol–water partition coefficient (Wildman–Crippen LogP) is 3.01. The van der Waals surface area contributed by atoms with Crippen LogP contribution in [0.2, 0.25) is 0 Å². The van der Waals surface area contributed by atoms with E-state index in [0.29, 0.717) is 11.5 Å². The number of ether oxygens (including phenoxy) is 2. The van der Waals surface area contributed by atoms with Crippen LogP contribution in [-0.4, -0.2) is 26.9 Å². The Kier molecular flexibility index (Phi) is 3.68. The lowest BCUT2D eigenvalue weighted by Crippen LogP contribution is -2.41. The van der Waals surface area contributed by atoms with Gasteiger partial charge in [0.2, 0.25) is 0 Å². The summed E-state index contributed by atoms with van der Waals surface area (Å²) >= 11 is 0. The molecule has 0 aromatic rings. The maximum absolute atomic E-state index is 5.71. The van der Waals surface area contributed by atoms with Gasteiger partial charge in [0.1, 0.15) is 0 Å². The van der Waals surface area contributed by atoms with E-state index in [1.807, 2.05) is 14.2 Å². The van der Waals surface area contributed by atoms with Gasteiger partial charge in [-0.2, -0.15) is 0 Å². The molecule has 0 radical (unpaired) electrons. The normalized spacial score (nSPS) is 37.6. The minimum atomic E-state index is 0.347. The maximum atomic E-state index is 5.71. The second-order valence-corrected chi connectivity index (χ2v) is 5.26. The van der Waals surface area contributed by atoms with Crippen LogP contribution in [0.4, 0.5) is 0 Å². The lowest BCUT2D eigenvalue weighted by Gasteiger charge is -2.39. The number of hydrogen-bond acceptors (Lipinski definition) is 2. The van der Waals surface area contributed by atoms with Gasteiger partial charge in [-0.15, -0.1) is 0 Å². The van der Waals surface area contributed by atoms with Crippen molar-refractivity contribution in [1.29, 1.82) is 0 Å². The van der Waals surface area contributed by atoms with Crippen molar-refractivity contribution in [2.24, 2.45) is 11.3 Å². The molecule has 2 unspecified atom stereocenters. The first kappa shape index (κ1) is 11.4. The van der Waals surface area contributed by atoms with Crippen LogP contribution in [0.5, 0.6) is 0 Å². The van der Waals surface area contributed by atoms with Gasteiger partial charge in [-0.25, -0.2) is 0 Å². The zero-order valence-electron chi connectivity index (χ0n) is 10.1. The van der Waals surface area contributed by atoms with Crippen LogP contribution in [0, 0.1) is 11.3 Å². The standard InChI is InChI=1S/C13H24O2/c1-14-10-13(11-6-3-4-7-11)9-5-8-12(13)15-2/h11-12H,3-10H2,1-2H3. The summed E-state index contributed by atoms with van der Waals surface area (Å²) in [6.07, 6.45) is 9.91. The Hall–Kier alpha value is -0.0800. The molecule has 0 aromatic carbocycles. The van der Waals surface area contributed by atoms with E-state index >= 15 is 0 Å². The summed E-state index contributed by atoms with van der Waals surface area (Å²) in [5, 5.41) is 0. The van der Waals surface area contributed by atoms with Crippen LogP contribution < -0.4 is 0 Å². The maximum Gasteiger partial charge on any atom is 0.0652 e. The van der Waals surface area contributed by atoms with Gasteiger partial charge in [0, 0.05) is 19.6 Å². The third-order valence-corrected chi connectivity index (χ3v) is 4.62. The van der Waals surface area contributed by atoms with Crippen LogP contribution >= 0.6 is 0 Å². The molecular formula is C13H24O2. The van der Waals surface area contributed by atoms with E-state index in [4.69, 9.17) is 9.47 Å². The Bertz CT molecular complexity index is 199. The molecular weight excluding hydrogens is 188 g/mol. The molecule has 88 valence electrons. The quantitative estimate of drug-likeness (QED) is 0.713. The first-order valence-corrected chi connectivity index (χ1v) is 6.35. The molecule has 2 atom stereocenters. The lowest BCUT2D eigenvalue weighted by atomic mass is 9.72. The summed E-state index contributed by atoms with van der Waals surface area (Å²) in [6.45, 7) is 0.899. The fraction of sp³-hybridized carbons (Fsp3) is 1.00. The fourth-order valence-corrected chi connectivity index (χ4v) is 3.94. The van der Waals surface area contributed by atoms with E-state index in [9.17, 15) is 0 Å². The third-order valence-electron chi connectivity index (χ3n) is 4.62. The molecule has 0 saturated heterocycles. The summed E-state index contributed by atoms with van der Waals surface area (Å²) in [5.41, 5.74) is 0.347. The Labute approximate surface area is 93.3 Å². The molecule has 0 aromatic heterocycles. The Morgan fingerprint density at radius 2 is 1.80 bits per heavy atom. The molecule has 0 N–H and O–H groups in total. The average Bonchev–Trinajstić information content (AvgIpc) is 2.86. The van der Waals surface area contributed by atoms with Crippen LogP contribution in [0.25, 0.3) is 0 Å². The SMILES string of the molecule is COCC1(C2CCCC2)CCCC1OC. The van der Waals surface area contributed by atoms with Crippen molar-refractivity contribution < 1.29 is 9.47 Å². The fourth-order valence-electron chi connectivity index (χ4n) is 3.94. The molecule has 15 heavy (non-hydrogen) atoms. The number of hydrogen-bond donors (Lipinski definition) is 0. The molecule has 2 heteroatoms. The van der Waals surface area contributed by atoms with Crippen molar-refractivity contribution in [3.8, 4) is 0 Å². The zero-order valence-corrected chi connectivity index (χ0v) is 10.1. The van der Waals surface area contributed by atoms with E-state index < -0.39 is 0 Å². The van der Waals surface area contributed by atoms with E-state index in [1.54, 1.807) is 0 Å².